The molecule has 7 nitrogen and oxygen atoms in total. The second-order valence-corrected chi connectivity index (χ2v) is 8.97. The third-order valence-corrected chi connectivity index (χ3v) is 6.74. The van der Waals surface area contributed by atoms with Gasteiger partial charge >= 0.3 is 0 Å². The molecule has 2 aliphatic rings. The Morgan fingerprint density at radius 1 is 1.16 bits per heavy atom. The number of anilines is 1. The summed E-state index contributed by atoms with van der Waals surface area (Å²) in [6, 6.07) is 12.4. The maximum absolute atomic E-state index is 13.6. The Balaban J connectivity index is 1.44. The summed E-state index contributed by atoms with van der Waals surface area (Å²) >= 11 is 0. The molecule has 31 heavy (non-hydrogen) atoms. The van der Waals surface area contributed by atoms with Gasteiger partial charge in [0.15, 0.2) is 0 Å². The number of rotatable bonds is 4. The summed E-state index contributed by atoms with van der Waals surface area (Å²) in [5.74, 6) is 1.11. The van der Waals surface area contributed by atoms with Crippen LogP contribution >= 0.6 is 0 Å². The number of aryl methyl sites for hydroxylation is 1. The van der Waals surface area contributed by atoms with Crippen molar-refractivity contribution >= 4 is 22.8 Å². The number of aromatic nitrogens is 2. The first-order chi connectivity index (χ1) is 14.9. The van der Waals surface area contributed by atoms with E-state index in [9.17, 15) is 10.1 Å². The highest BCUT2D eigenvalue weighted by Crippen LogP contribution is 2.41. The number of furan rings is 1. The van der Waals surface area contributed by atoms with E-state index in [0.717, 1.165) is 18.4 Å². The number of hydrogen-bond acceptors (Lipinski definition) is 6. The van der Waals surface area contributed by atoms with E-state index in [1.54, 1.807) is 6.92 Å². The molecule has 5 rings (SSSR count). The molecule has 2 aromatic heterocycles. The van der Waals surface area contributed by atoms with Crippen molar-refractivity contribution in [3.63, 3.8) is 0 Å². The van der Waals surface area contributed by atoms with Crippen LogP contribution in [0, 0.1) is 18.3 Å². The van der Waals surface area contributed by atoms with Crippen molar-refractivity contribution in [1.82, 2.24) is 14.9 Å². The minimum Gasteiger partial charge on any atom is -0.442 e. The number of amides is 1. The molecule has 0 spiro atoms. The number of benzene rings is 1. The van der Waals surface area contributed by atoms with Crippen molar-refractivity contribution in [2.75, 3.05) is 18.4 Å². The van der Waals surface area contributed by atoms with Crippen molar-refractivity contribution in [1.29, 1.82) is 5.26 Å². The van der Waals surface area contributed by atoms with Gasteiger partial charge in [0, 0.05) is 18.6 Å². The molecule has 1 N–H and O–H groups in total. The number of nitrogens with one attached hydrogen (secondary N) is 1. The SMILES string of the molecule is Cc1oc2ncnc(NC3(C)CC3)c2c1C(=O)N1CCC(C#N)(c2ccccc2)CC1. The second-order valence-electron chi connectivity index (χ2n) is 8.97. The molecule has 1 aliphatic carbocycles. The predicted molar refractivity (Wildman–Crippen MR) is 117 cm³/mol. The lowest BCUT2D eigenvalue weighted by atomic mass is 9.74. The van der Waals surface area contributed by atoms with Crippen LogP contribution in [0.3, 0.4) is 0 Å². The summed E-state index contributed by atoms with van der Waals surface area (Å²) < 4.78 is 5.83. The number of hydrogen-bond donors (Lipinski definition) is 1. The van der Waals surface area contributed by atoms with Crippen molar-refractivity contribution in [2.24, 2.45) is 0 Å². The van der Waals surface area contributed by atoms with Gasteiger partial charge in [-0.05, 0) is 45.1 Å². The fraction of sp³-hybridized carbons (Fsp3) is 0.417. The molecule has 3 heterocycles. The summed E-state index contributed by atoms with van der Waals surface area (Å²) in [5, 5.41) is 14.1. The lowest BCUT2D eigenvalue weighted by Gasteiger charge is -2.37. The van der Waals surface area contributed by atoms with E-state index >= 15 is 0 Å². The molecule has 1 amide bonds. The van der Waals surface area contributed by atoms with E-state index in [0.29, 0.717) is 54.2 Å². The van der Waals surface area contributed by atoms with Crippen molar-refractivity contribution in [2.45, 2.75) is 50.5 Å². The van der Waals surface area contributed by atoms with Gasteiger partial charge in [0.25, 0.3) is 5.91 Å². The smallest absolute Gasteiger partial charge is 0.258 e. The summed E-state index contributed by atoms with van der Waals surface area (Å²) in [7, 11) is 0. The minimum absolute atomic E-state index is 0.0139. The molecular weight excluding hydrogens is 390 g/mol. The van der Waals surface area contributed by atoms with E-state index < -0.39 is 5.41 Å². The fourth-order valence-corrected chi connectivity index (χ4v) is 4.47. The van der Waals surface area contributed by atoms with E-state index in [4.69, 9.17) is 4.42 Å². The fourth-order valence-electron chi connectivity index (χ4n) is 4.47. The zero-order chi connectivity index (χ0) is 21.6. The van der Waals surface area contributed by atoms with Crippen LogP contribution in [0.15, 0.2) is 41.1 Å². The van der Waals surface area contributed by atoms with Crippen LogP contribution in [-0.2, 0) is 5.41 Å². The molecule has 0 bridgehead atoms. The van der Waals surface area contributed by atoms with Gasteiger partial charge in [0.05, 0.1) is 22.4 Å². The first-order valence-electron chi connectivity index (χ1n) is 10.7. The Labute approximate surface area is 181 Å². The third-order valence-electron chi connectivity index (χ3n) is 6.74. The Kier molecular flexibility index (Phi) is 4.47. The third kappa shape index (κ3) is 3.32. The van der Waals surface area contributed by atoms with Gasteiger partial charge in [-0.2, -0.15) is 5.26 Å². The summed E-state index contributed by atoms with van der Waals surface area (Å²) in [4.78, 5) is 24.0. The number of nitriles is 1. The molecular formula is C24H25N5O2. The average molecular weight is 415 g/mol. The summed E-state index contributed by atoms with van der Waals surface area (Å²) in [6.07, 6.45) is 4.82. The molecule has 0 atom stereocenters. The Morgan fingerprint density at radius 3 is 2.52 bits per heavy atom. The van der Waals surface area contributed by atoms with Crippen LogP contribution in [-0.4, -0.2) is 39.4 Å². The molecule has 158 valence electrons. The molecule has 7 heteroatoms. The van der Waals surface area contributed by atoms with Crippen LogP contribution in [0.25, 0.3) is 11.1 Å². The Morgan fingerprint density at radius 2 is 1.87 bits per heavy atom. The number of fused-ring (bicyclic) bond motifs is 1. The summed E-state index contributed by atoms with van der Waals surface area (Å²) in [5.41, 5.74) is 1.43. The van der Waals surface area contributed by atoms with E-state index in [1.807, 2.05) is 35.2 Å². The quantitative estimate of drug-likeness (QED) is 0.686. The zero-order valence-electron chi connectivity index (χ0n) is 17.8. The number of piperidine rings is 1. The Bertz CT molecular complexity index is 1180. The van der Waals surface area contributed by atoms with Crippen LogP contribution in [0.1, 0.15) is 54.3 Å². The van der Waals surface area contributed by atoms with Crippen molar-refractivity contribution in [3.8, 4) is 6.07 Å². The highest BCUT2D eigenvalue weighted by atomic mass is 16.3. The van der Waals surface area contributed by atoms with Gasteiger partial charge in [-0.3, -0.25) is 4.79 Å². The molecule has 0 radical (unpaired) electrons. The number of nitrogens with zero attached hydrogens (tertiary/aromatic N) is 4. The predicted octanol–water partition coefficient (Wildman–Crippen LogP) is 4.19. The topological polar surface area (TPSA) is 95.1 Å². The normalized spacial score (nSPS) is 19.1. The Hall–Kier alpha value is -3.40. The van der Waals surface area contributed by atoms with Gasteiger partial charge < -0.3 is 14.6 Å². The van der Waals surface area contributed by atoms with Gasteiger partial charge in [-0.25, -0.2) is 9.97 Å². The number of likely N-dealkylation sites (tertiary alicyclic amines) is 1. The molecule has 0 unspecified atom stereocenters. The molecule has 3 aromatic rings. The first kappa shape index (κ1) is 19.6. The highest BCUT2D eigenvalue weighted by molar-refractivity contribution is 6.10. The number of carbonyl (C=O) groups is 1. The van der Waals surface area contributed by atoms with Crippen LogP contribution in [0.5, 0.6) is 0 Å². The molecule has 1 saturated heterocycles. The maximum Gasteiger partial charge on any atom is 0.258 e. The van der Waals surface area contributed by atoms with E-state index in [-0.39, 0.29) is 11.4 Å². The van der Waals surface area contributed by atoms with Gasteiger partial charge in [-0.1, -0.05) is 30.3 Å². The van der Waals surface area contributed by atoms with Crippen LogP contribution in [0.2, 0.25) is 0 Å². The zero-order valence-corrected chi connectivity index (χ0v) is 17.8. The molecule has 2 fully saturated rings. The molecule has 1 saturated carbocycles. The lowest BCUT2D eigenvalue weighted by Crippen LogP contribution is -2.44. The number of carbonyl (C=O) groups excluding carboxylic acids is 1. The van der Waals surface area contributed by atoms with Gasteiger partial charge in [-0.15, -0.1) is 0 Å². The standard InChI is InChI=1S/C24H25N5O2/c1-16-18(19-20(28-23(2)8-9-23)26-15-27-21(19)31-16)22(30)29-12-10-24(14-25,11-13-29)17-6-4-3-5-7-17/h3-7,15H,8-13H2,1-2H3,(H,26,27,28). The molecule has 1 aliphatic heterocycles. The van der Waals surface area contributed by atoms with Gasteiger partial charge in [0.1, 0.15) is 17.9 Å². The van der Waals surface area contributed by atoms with Crippen molar-refractivity contribution in [3.05, 3.63) is 53.5 Å². The lowest BCUT2D eigenvalue weighted by molar-refractivity contribution is 0.0692. The average Bonchev–Trinajstić information content (AvgIpc) is 3.41. The first-order valence-corrected chi connectivity index (χ1v) is 10.7. The second kappa shape index (κ2) is 7.09. The molecule has 1 aromatic carbocycles. The van der Waals surface area contributed by atoms with Crippen molar-refractivity contribution < 1.29 is 9.21 Å². The van der Waals surface area contributed by atoms with E-state index in [2.05, 4.69) is 28.3 Å². The maximum atomic E-state index is 13.6. The van der Waals surface area contributed by atoms with Crippen LogP contribution < -0.4 is 5.32 Å². The van der Waals surface area contributed by atoms with E-state index in [1.165, 1.54) is 6.33 Å². The van der Waals surface area contributed by atoms with Gasteiger partial charge in [0.2, 0.25) is 5.71 Å². The highest BCUT2D eigenvalue weighted by Gasteiger charge is 2.40. The van der Waals surface area contributed by atoms with Crippen LogP contribution in [0.4, 0.5) is 5.82 Å². The summed E-state index contributed by atoms with van der Waals surface area (Å²) in [6.45, 7) is 4.97. The minimum atomic E-state index is -0.554. The largest absolute Gasteiger partial charge is 0.442 e. The monoisotopic (exact) mass is 415 g/mol.